The van der Waals surface area contributed by atoms with Crippen molar-refractivity contribution < 1.29 is 4.79 Å². The van der Waals surface area contributed by atoms with Gasteiger partial charge in [0, 0.05) is 12.0 Å². The minimum absolute atomic E-state index is 0.0747. The molecule has 0 saturated heterocycles. The van der Waals surface area contributed by atoms with Crippen molar-refractivity contribution in [2.24, 2.45) is 5.92 Å². The Morgan fingerprint density at radius 1 is 1.56 bits per heavy atom. The van der Waals surface area contributed by atoms with Gasteiger partial charge in [-0.3, -0.25) is 9.59 Å². The molecule has 0 spiro atoms. The molecule has 0 aromatic carbocycles. The second-order valence-corrected chi connectivity index (χ2v) is 4.52. The third kappa shape index (κ3) is 2.13. The van der Waals surface area contributed by atoms with Crippen LogP contribution in [-0.2, 0) is 11.3 Å². The van der Waals surface area contributed by atoms with Gasteiger partial charge in [-0.1, -0.05) is 13.8 Å². The molecule has 0 bridgehead atoms. The molecule has 0 unspecified atom stereocenters. The Morgan fingerprint density at radius 2 is 2.28 bits per heavy atom. The molecule has 0 aliphatic carbocycles. The average molecular weight is 248 g/mol. The van der Waals surface area contributed by atoms with Gasteiger partial charge in [0.05, 0.1) is 24.0 Å². The van der Waals surface area contributed by atoms with E-state index >= 15 is 0 Å². The number of aromatic nitrogens is 3. The van der Waals surface area contributed by atoms with Crippen molar-refractivity contribution in [2.45, 2.75) is 27.3 Å². The lowest BCUT2D eigenvalue weighted by atomic mass is 10.2. The zero-order valence-electron chi connectivity index (χ0n) is 10.7. The number of nitrogens with one attached hydrogen (secondary N) is 2. The summed E-state index contributed by atoms with van der Waals surface area (Å²) < 4.78 is 1.65. The summed E-state index contributed by atoms with van der Waals surface area (Å²) in [6.45, 7) is 5.65. The van der Waals surface area contributed by atoms with Crippen LogP contribution in [0.4, 0.5) is 0 Å². The summed E-state index contributed by atoms with van der Waals surface area (Å²) in [6, 6.07) is 1.73. The summed E-state index contributed by atoms with van der Waals surface area (Å²) in [4.78, 5) is 26.1. The summed E-state index contributed by atoms with van der Waals surface area (Å²) in [7, 11) is 0. The fourth-order valence-corrected chi connectivity index (χ4v) is 1.74. The van der Waals surface area contributed by atoms with Crippen LogP contribution in [0.5, 0.6) is 0 Å². The molecule has 0 aliphatic rings. The number of nitrogens with zero attached hydrogens (tertiary/aromatic N) is 2. The normalized spacial score (nSPS) is 11.1. The number of hydrogen-bond acceptors (Lipinski definition) is 3. The molecule has 96 valence electrons. The van der Waals surface area contributed by atoms with E-state index in [0.29, 0.717) is 11.2 Å². The average Bonchev–Trinajstić information content (AvgIpc) is 2.76. The number of carbonyl (C=O) groups excluding carboxylic acids is 1. The number of fused-ring (bicyclic) bond motifs is 1. The Kier molecular flexibility index (Phi) is 3.18. The summed E-state index contributed by atoms with van der Waals surface area (Å²) in [5.74, 6) is -0.174. The van der Waals surface area contributed by atoms with Crippen molar-refractivity contribution >= 4 is 11.6 Å². The van der Waals surface area contributed by atoms with Crippen LogP contribution in [0.15, 0.2) is 17.1 Å². The van der Waals surface area contributed by atoms with Crippen molar-refractivity contribution in [1.29, 1.82) is 0 Å². The van der Waals surface area contributed by atoms with Gasteiger partial charge in [0.1, 0.15) is 5.65 Å². The van der Waals surface area contributed by atoms with Crippen LogP contribution in [0, 0.1) is 12.8 Å². The number of aromatic amines is 1. The maximum atomic E-state index is 11.9. The van der Waals surface area contributed by atoms with Gasteiger partial charge in [0.25, 0.3) is 5.56 Å². The molecule has 1 amide bonds. The molecular formula is C12H16N4O2. The zero-order chi connectivity index (χ0) is 13.3. The highest BCUT2D eigenvalue weighted by Crippen LogP contribution is 2.05. The van der Waals surface area contributed by atoms with Gasteiger partial charge in [-0.25, -0.2) is 4.52 Å². The fourth-order valence-electron chi connectivity index (χ4n) is 1.74. The van der Waals surface area contributed by atoms with Crippen LogP contribution in [0.3, 0.4) is 0 Å². The molecule has 18 heavy (non-hydrogen) atoms. The van der Waals surface area contributed by atoms with Gasteiger partial charge in [0.15, 0.2) is 0 Å². The monoisotopic (exact) mass is 248 g/mol. The lowest BCUT2D eigenvalue weighted by Gasteiger charge is -2.10. The standard InChI is InChI=1S/C12H16N4O2/c1-7(2)11(17)13-6-9-8(3)16-10(4-5-14-16)15-12(9)18/h4-5,7H,6H2,1-3H3,(H,13,17)(H,15,18). The highest BCUT2D eigenvalue weighted by Gasteiger charge is 2.12. The minimum Gasteiger partial charge on any atom is -0.352 e. The Labute approximate surface area is 104 Å². The highest BCUT2D eigenvalue weighted by atomic mass is 16.2. The highest BCUT2D eigenvalue weighted by molar-refractivity contribution is 5.77. The lowest BCUT2D eigenvalue weighted by molar-refractivity contribution is -0.124. The zero-order valence-corrected chi connectivity index (χ0v) is 10.7. The first kappa shape index (κ1) is 12.3. The summed E-state index contributed by atoms with van der Waals surface area (Å²) in [5.41, 5.74) is 1.73. The third-order valence-electron chi connectivity index (χ3n) is 2.88. The molecule has 2 heterocycles. The van der Waals surface area contributed by atoms with E-state index in [9.17, 15) is 9.59 Å². The van der Waals surface area contributed by atoms with E-state index in [0.717, 1.165) is 5.69 Å². The van der Waals surface area contributed by atoms with Crippen molar-refractivity contribution in [3.05, 3.63) is 33.9 Å². The maximum Gasteiger partial charge on any atom is 0.256 e. The topological polar surface area (TPSA) is 79.3 Å². The van der Waals surface area contributed by atoms with Gasteiger partial charge in [-0.05, 0) is 6.92 Å². The maximum absolute atomic E-state index is 11.9. The van der Waals surface area contributed by atoms with E-state index in [1.807, 2.05) is 20.8 Å². The molecular weight excluding hydrogens is 232 g/mol. The van der Waals surface area contributed by atoms with Crippen molar-refractivity contribution in [3.63, 3.8) is 0 Å². The largest absolute Gasteiger partial charge is 0.352 e. The molecule has 2 aromatic heterocycles. The Balaban J connectivity index is 2.33. The lowest BCUT2D eigenvalue weighted by Crippen LogP contribution is -2.31. The van der Waals surface area contributed by atoms with Gasteiger partial charge in [-0.2, -0.15) is 5.10 Å². The predicted molar refractivity (Wildman–Crippen MR) is 67.2 cm³/mol. The van der Waals surface area contributed by atoms with Crippen molar-refractivity contribution in [2.75, 3.05) is 0 Å². The number of H-pyrrole nitrogens is 1. The molecule has 6 nitrogen and oxygen atoms in total. The van der Waals surface area contributed by atoms with E-state index in [2.05, 4.69) is 15.4 Å². The molecule has 0 aliphatic heterocycles. The van der Waals surface area contributed by atoms with Crippen LogP contribution in [0.1, 0.15) is 25.1 Å². The van der Waals surface area contributed by atoms with Gasteiger partial charge in [-0.15, -0.1) is 0 Å². The predicted octanol–water partition coefficient (Wildman–Crippen LogP) is 0.603. The summed E-state index contributed by atoms with van der Waals surface area (Å²) >= 11 is 0. The Bertz CT molecular complexity index is 639. The van der Waals surface area contributed by atoms with E-state index < -0.39 is 0 Å². The molecule has 0 saturated carbocycles. The van der Waals surface area contributed by atoms with Crippen molar-refractivity contribution in [1.82, 2.24) is 19.9 Å². The third-order valence-corrected chi connectivity index (χ3v) is 2.88. The number of aryl methyl sites for hydroxylation is 1. The van der Waals surface area contributed by atoms with Gasteiger partial charge in [0.2, 0.25) is 5.91 Å². The van der Waals surface area contributed by atoms with Gasteiger partial charge < -0.3 is 10.3 Å². The summed E-state index contributed by atoms with van der Waals surface area (Å²) in [5, 5.41) is 6.85. The van der Waals surface area contributed by atoms with E-state index in [-0.39, 0.29) is 23.9 Å². The second kappa shape index (κ2) is 4.64. The molecule has 0 radical (unpaired) electrons. The molecule has 2 N–H and O–H groups in total. The smallest absolute Gasteiger partial charge is 0.256 e. The molecule has 2 aromatic rings. The number of hydrogen-bond donors (Lipinski definition) is 2. The first-order valence-corrected chi connectivity index (χ1v) is 5.84. The molecule has 0 fully saturated rings. The van der Waals surface area contributed by atoms with Crippen LogP contribution >= 0.6 is 0 Å². The molecule has 2 rings (SSSR count). The molecule has 0 atom stereocenters. The summed E-state index contributed by atoms with van der Waals surface area (Å²) in [6.07, 6.45) is 1.62. The van der Waals surface area contributed by atoms with Crippen LogP contribution in [0.2, 0.25) is 0 Å². The van der Waals surface area contributed by atoms with E-state index in [1.165, 1.54) is 0 Å². The Hall–Kier alpha value is -2.11. The van der Waals surface area contributed by atoms with E-state index in [1.54, 1.807) is 16.8 Å². The van der Waals surface area contributed by atoms with Crippen molar-refractivity contribution in [3.8, 4) is 0 Å². The SMILES string of the molecule is Cc1c(CNC(=O)C(C)C)c(=O)[nH]c2ccnn12. The van der Waals surface area contributed by atoms with E-state index in [4.69, 9.17) is 0 Å². The Morgan fingerprint density at radius 3 is 2.94 bits per heavy atom. The second-order valence-electron chi connectivity index (χ2n) is 4.52. The first-order valence-electron chi connectivity index (χ1n) is 5.84. The number of carbonyl (C=O) groups is 1. The van der Waals surface area contributed by atoms with Crippen LogP contribution in [-0.4, -0.2) is 20.5 Å². The quantitative estimate of drug-likeness (QED) is 0.835. The number of amides is 1. The number of rotatable bonds is 3. The fraction of sp³-hybridized carbons (Fsp3) is 0.417. The van der Waals surface area contributed by atoms with Gasteiger partial charge >= 0.3 is 0 Å². The molecule has 6 heteroatoms. The van der Waals surface area contributed by atoms with Crippen LogP contribution < -0.4 is 10.9 Å². The first-order chi connectivity index (χ1) is 8.50. The van der Waals surface area contributed by atoms with Crippen LogP contribution in [0.25, 0.3) is 5.65 Å². The minimum atomic E-state index is -0.190.